The number of nitrogens with zero attached hydrogens (tertiary/aromatic N) is 1. The molecular formula is C8H9NO. The monoisotopic (exact) mass is 135 g/mol. The van der Waals surface area contributed by atoms with Crippen molar-refractivity contribution in [1.29, 1.82) is 0 Å². The Balaban J connectivity index is 3.21. The van der Waals surface area contributed by atoms with Gasteiger partial charge >= 0.3 is 0 Å². The fraction of sp³-hybridized carbons (Fsp3) is 0.125. The summed E-state index contributed by atoms with van der Waals surface area (Å²) in [6, 6.07) is 5.02. The fourth-order valence-corrected chi connectivity index (χ4v) is 0.768. The highest BCUT2D eigenvalue weighted by Gasteiger charge is 1.94. The summed E-state index contributed by atoms with van der Waals surface area (Å²) in [6.45, 7) is 5.29. The van der Waals surface area contributed by atoms with Gasteiger partial charge in [-0.15, -0.1) is 0 Å². The number of aryl methyl sites for hydroxylation is 1. The number of benzene rings is 1. The van der Waals surface area contributed by atoms with Gasteiger partial charge in [-0.3, -0.25) is 4.99 Å². The highest BCUT2D eigenvalue weighted by atomic mass is 16.3. The molecule has 0 fully saturated rings. The van der Waals surface area contributed by atoms with Crippen LogP contribution in [0.5, 0.6) is 5.75 Å². The number of phenols is 1. The van der Waals surface area contributed by atoms with E-state index in [4.69, 9.17) is 5.11 Å². The molecule has 0 bridgehead atoms. The van der Waals surface area contributed by atoms with E-state index < -0.39 is 0 Å². The molecule has 0 radical (unpaired) electrons. The van der Waals surface area contributed by atoms with Gasteiger partial charge in [-0.05, 0) is 25.3 Å². The van der Waals surface area contributed by atoms with Crippen LogP contribution in [0.3, 0.4) is 0 Å². The fourth-order valence-electron chi connectivity index (χ4n) is 0.768. The molecule has 10 heavy (non-hydrogen) atoms. The number of hydrogen-bond acceptors (Lipinski definition) is 2. The molecule has 0 aliphatic rings. The molecule has 0 aliphatic carbocycles. The van der Waals surface area contributed by atoms with Crippen LogP contribution in [0.1, 0.15) is 5.56 Å². The Bertz CT molecular complexity index is 255. The summed E-state index contributed by atoms with van der Waals surface area (Å²) >= 11 is 0. The molecule has 0 heterocycles. The van der Waals surface area contributed by atoms with E-state index in [0.717, 1.165) is 11.3 Å². The Hall–Kier alpha value is -1.31. The van der Waals surface area contributed by atoms with Crippen LogP contribution in [0, 0.1) is 6.92 Å². The van der Waals surface area contributed by atoms with Gasteiger partial charge in [0.15, 0.2) is 0 Å². The third-order valence-corrected chi connectivity index (χ3v) is 1.36. The molecule has 0 unspecified atom stereocenters. The molecule has 0 spiro atoms. The van der Waals surface area contributed by atoms with Crippen LogP contribution >= 0.6 is 0 Å². The Morgan fingerprint density at radius 1 is 1.50 bits per heavy atom. The maximum atomic E-state index is 8.98. The van der Waals surface area contributed by atoms with Gasteiger partial charge in [0.2, 0.25) is 0 Å². The zero-order valence-corrected chi connectivity index (χ0v) is 5.83. The van der Waals surface area contributed by atoms with E-state index >= 15 is 0 Å². The zero-order valence-electron chi connectivity index (χ0n) is 5.83. The van der Waals surface area contributed by atoms with Crippen LogP contribution in [0.25, 0.3) is 0 Å². The summed E-state index contributed by atoms with van der Waals surface area (Å²) < 4.78 is 0. The summed E-state index contributed by atoms with van der Waals surface area (Å²) in [6.07, 6.45) is 0. The quantitative estimate of drug-likeness (QED) is 0.587. The van der Waals surface area contributed by atoms with Crippen molar-refractivity contribution in [2.45, 2.75) is 6.92 Å². The number of hydrogen-bond donors (Lipinski definition) is 1. The van der Waals surface area contributed by atoms with Crippen LogP contribution in [-0.2, 0) is 0 Å². The van der Waals surface area contributed by atoms with Gasteiger partial charge in [-0.2, -0.15) is 0 Å². The van der Waals surface area contributed by atoms with Crippen LogP contribution in [0.2, 0.25) is 0 Å². The lowest BCUT2D eigenvalue weighted by molar-refractivity contribution is 0.475. The van der Waals surface area contributed by atoms with Crippen LogP contribution in [-0.4, -0.2) is 11.8 Å². The molecule has 0 aromatic heterocycles. The maximum Gasteiger partial charge on any atom is 0.117 e. The van der Waals surface area contributed by atoms with Crippen molar-refractivity contribution in [2.24, 2.45) is 4.99 Å². The van der Waals surface area contributed by atoms with Crippen molar-refractivity contribution in [1.82, 2.24) is 0 Å². The van der Waals surface area contributed by atoms with E-state index in [1.807, 2.05) is 6.92 Å². The Kier molecular flexibility index (Phi) is 1.71. The lowest BCUT2D eigenvalue weighted by Gasteiger charge is -1.97. The molecule has 0 amide bonds. The van der Waals surface area contributed by atoms with Gasteiger partial charge in [-0.25, -0.2) is 0 Å². The second kappa shape index (κ2) is 2.52. The van der Waals surface area contributed by atoms with Crippen molar-refractivity contribution >= 4 is 12.4 Å². The Morgan fingerprint density at radius 3 is 2.70 bits per heavy atom. The standard InChI is InChI=1S/C8H9NO/c1-6-3-4-7(10)5-8(6)9-2/h3-5,10H,2H2,1H3. The molecule has 1 N–H and O–H groups in total. The smallest absolute Gasteiger partial charge is 0.117 e. The first kappa shape index (κ1) is 6.81. The van der Waals surface area contributed by atoms with Crippen LogP contribution in [0.15, 0.2) is 23.2 Å². The third kappa shape index (κ3) is 1.16. The second-order valence-corrected chi connectivity index (χ2v) is 2.13. The molecule has 1 rings (SSSR count). The SMILES string of the molecule is C=Nc1cc(O)ccc1C. The topological polar surface area (TPSA) is 32.6 Å². The molecule has 2 heteroatoms. The van der Waals surface area contributed by atoms with Gasteiger partial charge < -0.3 is 5.11 Å². The molecule has 1 aromatic carbocycles. The first-order chi connectivity index (χ1) is 4.74. The summed E-state index contributed by atoms with van der Waals surface area (Å²) in [7, 11) is 0. The van der Waals surface area contributed by atoms with Crippen LogP contribution < -0.4 is 0 Å². The lowest BCUT2D eigenvalue weighted by atomic mass is 10.2. The largest absolute Gasteiger partial charge is 0.508 e. The van der Waals surface area contributed by atoms with E-state index in [1.165, 1.54) is 0 Å². The molecule has 52 valence electrons. The highest BCUT2D eigenvalue weighted by molar-refractivity contribution is 5.53. The van der Waals surface area contributed by atoms with Crippen molar-refractivity contribution in [2.75, 3.05) is 0 Å². The van der Waals surface area contributed by atoms with E-state index in [1.54, 1.807) is 18.2 Å². The van der Waals surface area contributed by atoms with Gasteiger partial charge in [0.25, 0.3) is 0 Å². The van der Waals surface area contributed by atoms with Crippen molar-refractivity contribution in [3.8, 4) is 5.75 Å². The van der Waals surface area contributed by atoms with Crippen molar-refractivity contribution in [3.63, 3.8) is 0 Å². The summed E-state index contributed by atoms with van der Waals surface area (Å²) in [5.74, 6) is 0.230. The maximum absolute atomic E-state index is 8.98. The summed E-state index contributed by atoms with van der Waals surface area (Å²) in [4.78, 5) is 3.72. The van der Waals surface area contributed by atoms with E-state index in [9.17, 15) is 0 Å². The minimum atomic E-state index is 0.230. The highest BCUT2D eigenvalue weighted by Crippen LogP contribution is 2.22. The minimum absolute atomic E-state index is 0.230. The van der Waals surface area contributed by atoms with Gasteiger partial charge in [0, 0.05) is 6.07 Å². The molecule has 0 aliphatic heterocycles. The van der Waals surface area contributed by atoms with Gasteiger partial charge in [-0.1, -0.05) is 6.07 Å². The molecule has 0 saturated heterocycles. The van der Waals surface area contributed by atoms with Gasteiger partial charge in [0.05, 0.1) is 5.69 Å². The third-order valence-electron chi connectivity index (χ3n) is 1.36. The predicted octanol–water partition coefficient (Wildman–Crippen LogP) is 2.03. The number of rotatable bonds is 1. The molecule has 0 saturated carbocycles. The lowest BCUT2D eigenvalue weighted by Crippen LogP contribution is -1.71. The van der Waals surface area contributed by atoms with E-state index in [0.29, 0.717) is 0 Å². The number of aromatic hydroxyl groups is 1. The normalized spacial score (nSPS) is 9.30. The molecule has 0 atom stereocenters. The predicted molar refractivity (Wildman–Crippen MR) is 42.1 cm³/mol. The number of phenolic OH excluding ortho intramolecular Hbond substituents is 1. The van der Waals surface area contributed by atoms with Gasteiger partial charge in [0.1, 0.15) is 5.75 Å². The van der Waals surface area contributed by atoms with Crippen LogP contribution in [0.4, 0.5) is 5.69 Å². The van der Waals surface area contributed by atoms with Crippen molar-refractivity contribution < 1.29 is 5.11 Å². The Morgan fingerprint density at radius 2 is 2.20 bits per heavy atom. The van der Waals surface area contributed by atoms with Crippen molar-refractivity contribution in [3.05, 3.63) is 23.8 Å². The number of aliphatic imine (C=N–C) groups is 1. The Labute approximate surface area is 59.9 Å². The summed E-state index contributed by atoms with van der Waals surface area (Å²) in [5, 5.41) is 8.98. The first-order valence-corrected chi connectivity index (χ1v) is 3.00. The molecule has 1 aromatic rings. The minimum Gasteiger partial charge on any atom is -0.508 e. The molecule has 2 nitrogen and oxygen atoms in total. The first-order valence-electron chi connectivity index (χ1n) is 3.00. The second-order valence-electron chi connectivity index (χ2n) is 2.13. The van der Waals surface area contributed by atoms with E-state index in [2.05, 4.69) is 11.7 Å². The average Bonchev–Trinajstić information content (AvgIpc) is 1.94. The van der Waals surface area contributed by atoms with E-state index in [-0.39, 0.29) is 5.75 Å². The average molecular weight is 135 g/mol. The summed E-state index contributed by atoms with van der Waals surface area (Å²) in [5.41, 5.74) is 1.76. The zero-order chi connectivity index (χ0) is 7.56. The molecular weight excluding hydrogens is 126 g/mol.